The third-order valence-electron chi connectivity index (χ3n) is 3.71. The molecule has 1 saturated heterocycles. The van der Waals surface area contributed by atoms with Gasteiger partial charge in [-0.3, -0.25) is 9.59 Å². The number of carbonyl (C=O) groups is 2. The number of aliphatic carboxylic acids is 1. The lowest BCUT2D eigenvalue weighted by Gasteiger charge is -2.34. The molecule has 1 aliphatic rings. The van der Waals surface area contributed by atoms with Gasteiger partial charge in [-0.25, -0.2) is 8.78 Å². The van der Waals surface area contributed by atoms with E-state index in [0.29, 0.717) is 13.0 Å². The Hall–Kier alpha value is -1.98. The molecule has 6 heteroatoms. The highest BCUT2D eigenvalue weighted by molar-refractivity contribution is 5.80. The van der Waals surface area contributed by atoms with Gasteiger partial charge in [0, 0.05) is 18.7 Å². The SMILES string of the molecule is CC1CC(C(=O)O)CN(C(=O)Cc2cc(F)ccc2F)C1. The van der Waals surface area contributed by atoms with Crippen molar-refractivity contribution in [2.75, 3.05) is 13.1 Å². The number of hydrogen-bond donors (Lipinski definition) is 1. The maximum atomic E-state index is 13.5. The molecule has 1 amide bonds. The molecule has 0 aromatic heterocycles. The number of carbonyl (C=O) groups excluding carboxylic acids is 1. The van der Waals surface area contributed by atoms with Crippen molar-refractivity contribution >= 4 is 11.9 Å². The van der Waals surface area contributed by atoms with Gasteiger partial charge in [0.1, 0.15) is 11.6 Å². The molecule has 0 radical (unpaired) electrons. The number of amides is 1. The third-order valence-corrected chi connectivity index (χ3v) is 3.71. The number of benzene rings is 1. The van der Waals surface area contributed by atoms with Crippen LogP contribution in [0.15, 0.2) is 18.2 Å². The predicted molar refractivity (Wildman–Crippen MR) is 71.5 cm³/mol. The number of hydrogen-bond acceptors (Lipinski definition) is 2. The van der Waals surface area contributed by atoms with Crippen LogP contribution in [0.4, 0.5) is 8.78 Å². The second-order valence-corrected chi connectivity index (χ2v) is 5.59. The maximum Gasteiger partial charge on any atom is 0.308 e. The smallest absolute Gasteiger partial charge is 0.308 e. The van der Waals surface area contributed by atoms with Crippen LogP contribution >= 0.6 is 0 Å². The number of rotatable bonds is 3. The fourth-order valence-electron chi connectivity index (χ4n) is 2.69. The van der Waals surface area contributed by atoms with Gasteiger partial charge < -0.3 is 10.0 Å². The molecule has 2 rings (SSSR count). The predicted octanol–water partition coefficient (Wildman–Crippen LogP) is 2.08. The van der Waals surface area contributed by atoms with Crippen molar-refractivity contribution in [1.82, 2.24) is 4.90 Å². The Kier molecular flexibility index (Phi) is 4.55. The average molecular weight is 297 g/mol. The molecule has 21 heavy (non-hydrogen) atoms. The molecule has 114 valence electrons. The van der Waals surface area contributed by atoms with Crippen LogP contribution in [0.1, 0.15) is 18.9 Å². The Labute approximate surface area is 121 Å². The fraction of sp³-hybridized carbons (Fsp3) is 0.467. The normalized spacial score (nSPS) is 22.1. The van der Waals surface area contributed by atoms with Crippen LogP contribution in [0.2, 0.25) is 0 Å². The van der Waals surface area contributed by atoms with Crippen LogP contribution in [0.5, 0.6) is 0 Å². The average Bonchev–Trinajstić information content (AvgIpc) is 2.42. The van der Waals surface area contributed by atoms with E-state index in [9.17, 15) is 18.4 Å². The quantitative estimate of drug-likeness (QED) is 0.929. The highest BCUT2D eigenvalue weighted by Gasteiger charge is 2.31. The molecule has 1 aromatic carbocycles. The Bertz CT molecular complexity index is 562. The fourth-order valence-corrected chi connectivity index (χ4v) is 2.69. The topological polar surface area (TPSA) is 57.6 Å². The van der Waals surface area contributed by atoms with E-state index in [1.807, 2.05) is 6.92 Å². The first-order valence-corrected chi connectivity index (χ1v) is 6.81. The van der Waals surface area contributed by atoms with E-state index in [4.69, 9.17) is 5.11 Å². The van der Waals surface area contributed by atoms with Gasteiger partial charge >= 0.3 is 5.97 Å². The van der Waals surface area contributed by atoms with E-state index in [0.717, 1.165) is 18.2 Å². The minimum Gasteiger partial charge on any atom is -0.481 e. The molecule has 1 fully saturated rings. The minimum absolute atomic E-state index is 0.00917. The summed E-state index contributed by atoms with van der Waals surface area (Å²) in [6.45, 7) is 2.44. The van der Waals surface area contributed by atoms with Gasteiger partial charge in [0.2, 0.25) is 5.91 Å². The molecule has 4 nitrogen and oxygen atoms in total. The molecule has 1 aliphatic heterocycles. The van der Waals surface area contributed by atoms with E-state index in [2.05, 4.69) is 0 Å². The van der Waals surface area contributed by atoms with Crippen molar-refractivity contribution < 1.29 is 23.5 Å². The lowest BCUT2D eigenvalue weighted by molar-refractivity contribution is -0.146. The molecule has 0 spiro atoms. The number of nitrogens with zero attached hydrogens (tertiary/aromatic N) is 1. The highest BCUT2D eigenvalue weighted by atomic mass is 19.1. The maximum absolute atomic E-state index is 13.5. The van der Waals surface area contributed by atoms with E-state index >= 15 is 0 Å². The van der Waals surface area contributed by atoms with E-state index < -0.39 is 23.5 Å². The summed E-state index contributed by atoms with van der Waals surface area (Å²) in [6.07, 6.45) is 0.260. The van der Waals surface area contributed by atoms with Crippen molar-refractivity contribution in [2.24, 2.45) is 11.8 Å². The van der Waals surface area contributed by atoms with Gasteiger partial charge in [-0.15, -0.1) is 0 Å². The molecule has 2 unspecified atom stereocenters. The van der Waals surface area contributed by atoms with E-state index in [-0.39, 0.29) is 30.4 Å². The zero-order valence-corrected chi connectivity index (χ0v) is 11.7. The van der Waals surface area contributed by atoms with Crippen LogP contribution in [0, 0.1) is 23.5 Å². The summed E-state index contributed by atoms with van der Waals surface area (Å²) in [4.78, 5) is 24.7. The molecule has 0 bridgehead atoms. The number of halogens is 2. The second kappa shape index (κ2) is 6.20. The number of likely N-dealkylation sites (tertiary alicyclic amines) is 1. The summed E-state index contributed by atoms with van der Waals surface area (Å²) < 4.78 is 26.6. The van der Waals surface area contributed by atoms with Crippen molar-refractivity contribution in [2.45, 2.75) is 19.8 Å². The molecule has 2 atom stereocenters. The summed E-state index contributed by atoms with van der Waals surface area (Å²) >= 11 is 0. The summed E-state index contributed by atoms with van der Waals surface area (Å²) in [5, 5.41) is 9.08. The molecular weight excluding hydrogens is 280 g/mol. The van der Waals surface area contributed by atoms with Gasteiger partial charge in [-0.2, -0.15) is 0 Å². The zero-order valence-electron chi connectivity index (χ0n) is 11.7. The van der Waals surface area contributed by atoms with Gasteiger partial charge in [0.25, 0.3) is 0 Å². The van der Waals surface area contributed by atoms with Gasteiger partial charge in [-0.1, -0.05) is 6.92 Å². The molecule has 0 saturated carbocycles. The Balaban J connectivity index is 2.08. The monoisotopic (exact) mass is 297 g/mol. The Morgan fingerprint density at radius 1 is 1.33 bits per heavy atom. The third kappa shape index (κ3) is 3.77. The summed E-state index contributed by atoms with van der Waals surface area (Å²) in [7, 11) is 0. The minimum atomic E-state index is -0.934. The van der Waals surface area contributed by atoms with E-state index in [1.54, 1.807) is 0 Å². The Morgan fingerprint density at radius 2 is 2.05 bits per heavy atom. The van der Waals surface area contributed by atoms with E-state index in [1.165, 1.54) is 4.90 Å². The first kappa shape index (κ1) is 15.4. The first-order valence-electron chi connectivity index (χ1n) is 6.81. The molecule has 1 N–H and O–H groups in total. The Morgan fingerprint density at radius 3 is 2.71 bits per heavy atom. The van der Waals surface area contributed by atoms with Gasteiger partial charge in [0.05, 0.1) is 12.3 Å². The van der Waals surface area contributed by atoms with Crippen LogP contribution in [0.25, 0.3) is 0 Å². The van der Waals surface area contributed by atoms with Crippen molar-refractivity contribution in [3.05, 3.63) is 35.4 Å². The lowest BCUT2D eigenvalue weighted by Crippen LogP contribution is -2.46. The van der Waals surface area contributed by atoms with Crippen LogP contribution < -0.4 is 0 Å². The molecule has 1 aromatic rings. The number of carboxylic acids is 1. The molecular formula is C15H17F2NO3. The van der Waals surface area contributed by atoms with Gasteiger partial charge in [0.15, 0.2) is 0 Å². The van der Waals surface area contributed by atoms with Crippen LogP contribution in [-0.4, -0.2) is 35.0 Å². The summed E-state index contributed by atoms with van der Waals surface area (Å²) in [5.74, 6) is -3.08. The second-order valence-electron chi connectivity index (χ2n) is 5.59. The van der Waals surface area contributed by atoms with Crippen molar-refractivity contribution in [1.29, 1.82) is 0 Å². The van der Waals surface area contributed by atoms with Crippen LogP contribution in [0.3, 0.4) is 0 Å². The summed E-state index contributed by atoms with van der Waals surface area (Å²) in [6, 6.07) is 2.97. The standard InChI is InChI=1S/C15H17F2NO3/c1-9-4-11(15(20)21)8-18(7-9)14(19)6-10-5-12(16)2-3-13(10)17/h2-3,5,9,11H,4,6-8H2,1H3,(H,20,21). The van der Waals surface area contributed by atoms with Crippen molar-refractivity contribution in [3.63, 3.8) is 0 Å². The molecule has 1 heterocycles. The number of piperidine rings is 1. The van der Waals surface area contributed by atoms with Gasteiger partial charge in [-0.05, 0) is 30.5 Å². The van der Waals surface area contributed by atoms with Crippen LogP contribution in [-0.2, 0) is 16.0 Å². The largest absolute Gasteiger partial charge is 0.481 e. The zero-order chi connectivity index (χ0) is 15.6. The molecule has 0 aliphatic carbocycles. The summed E-state index contributed by atoms with van der Waals surface area (Å²) in [5.41, 5.74) is -0.00917. The lowest BCUT2D eigenvalue weighted by atomic mass is 9.90. The first-order chi connectivity index (χ1) is 9.86. The van der Waals surface area contributed by atoms with Crippen molar-refractivity contribution in [3.8, 4) is 0 Å². The number of carboxylic acid groups (broad SMARTS) is 1. The highest BCUT2D eigenvalue weighted by Crippen LogP contribution is 2.23.